The highest BCUT2D eigenvalue weighted by atomic mass is 35.5. The first-order valence-electron chi connectivity index (χ1n) is 6.90. The second kappa shape index (κ2) is 7.17. The lowest BCUT2D eigenvalue weighted by Crippen LogP contribution is -2.49. The Morgan fingerprint density at radius 1 is 1.00 bits per heavy atom. The minimum atomic E-state index is -1.30. The molecule has 118 valence electrons. The van der Waals surface area contributed by atoms with Crippen LogP contribution in [0.25, 0.3) is 0 Å². The topological polar surface area (TPSA) is 115 Å². The average molecular weight is 318 g/mol. The van der Waals surface area contributed by atoms with Gasteiger partial charge in [-0.3, -0.25) is 0 Å². The molecule has 0 atom stereocenters. The number of anilines is 2. The van der Waals surface area contributed by atoms with E-state index in [-0.39, 0.29) is 11.2 Å². The van der Waals surface area contributed by atoms with Crippen molar-refractivity contribution in [1.29, 1.82) is 0 Å². The third-order valence-electron chi connectivity index (χ3n) is 3.52. The van der Waals surface area contributed by atoms with E-state index in [9.17, 15) is 15.3 Å². The van der Waals surface area contributed by atoms with Gasteiger partial charge in [0.05, 0.1) is 19.8 Å². The van der Waals surface area contributed by atoms with Crippen LogP contribution in [0.2, 0.25) is 5.28 Å². The minimum absolute atomic E-state index is 0.0239. The van der Waals surface area contributed by atoms with Crippen molar-refractivity contribution in [2.75, 3.05) is 43.1 Å². The first-order valence-corrected chi connectivity index (χ1v) is 7.27. The van der Waals surface area contributed by atoms with Crippen LogP contribution in [0.4, 0.5) is 11.9 Å². The summed E-state index contributed by atoms with van der Waals surface area (Å²) >= 11 is 5.91. The van der Waals surface area contributed by atoms with Crippen molar-refractivity contribution >= 4 is 23.5 Å². The molecule has 0 spiro atoms. The Kier molecular flexibility index (Phi) is 5.51. The van der Waals surface area contributed by atoms with Gasteiger partial charge in [-0.25, -0.2) is 0 Å². The van der Waals surface area contributed by atoms with Crippen molar-refractivity contribution in [3.63, 3.8) is 0 Å². The zero-order valence-corrected chi connectivity index (χ0v) is 12.4. The molecule has 0 radical (unpaired) electrons. The number of aromatic nitrogens is 3. The second-order valence-electron chi connectivity index (χ2n) is 5.16. The number of hydrogen-bond donors (Lipinski definition) is 4. The standard InChI is InChI=1S/C12H20ClN5O3/c13-9-14-10(17-12(6-19,7-20)8-21)16-11(15-9)18-4-2-1-3-5-18/h19-21H,1-8H2,(H,14,15,16,17). The maximum Gasteiger partial charge on any atom is 0.231 e. The number of piperidine rings is 1. The monoisotopic (exact) mass is 317 g/mol. The highest BCUT2D eigenvalue weighted by Gasteiger charge is 2.29. The molecule has 1 aromatic heterocycles. The van der Waals surface area contributed by atoms with Crippen LogP contribution in [0.5, 0.6) is 0 Å². The number of rotatable bonds is 6. The molecule has 1 aromatic rings. The summed E-state index contributed by atoms with van der Waals surface area (Å²) in [7, 11) is 0. The zero-order chi connectivity index (χ0) is 15.3. The molecule has 0 bridgehead atoms. The van der Waals surface area contributed by atoms with Crippen molar-refractivity contribution in [3.05, 3.63) is 5.28 Å². The average Bonchev–Trinajstić information content (AvgIpc) is 2.53. The van der Waals surface area contributed by atoms with E-state index in [1.165, 1.54) is 6.42 Å². The molecule has 9 heteroatoms. The summed E-state index contributed by atoms with van der Waals surface area (Å²) in [6.07, 6.45) is 3.32. The number of halogens is 1. The normalized spacial score (nSPS) is 16.1. The van der Waals surface area contributed by atoms with Gasteiger partial charge in [0, 0.05) is 13.1 Å². The lowest BCUT2D eigenvalue weighted by molar-refractivity contribution is 0.0828. The van der Waals surface area contributed by atoms with Crippen LogP contribution in [-0.2, 0) is 0 Å². The van der Waals surface area contributed by atoms with Crippen LogP contribution >= 0.6 is 11.6 Å². The van der Waals surface area contributed by atoms with Gasteiger partial charge in [0.15, 0.2) is 0 Å². The molecule has 1 saturated heterocycles. The lowest BCUT2D eigenvalue weighted by Gasteiger charge is -2.30. The van der Waals surface area contributed by atoms with E-state index in [1.807, 2.05) is 4.90 Å². The Morgan fingerprint density at radius 3 is 2.19 bits per heavy atom. The molecule has 1 aliphatic rings. The highest BCUT2D eigenvalue weighted by molar-refractivity contribution is 6.28. The number of hydrogen-bond acceptors (Lipinski definition) is 8. The summed E-state index contributed by atoms with van der Waals surface area (Å²) in [4.78, 5) is 14.3. The Morgan fingerprint density at radius 2 is 1.62 bits per heavy atom. The van der Waals surface area contributed by atoms with Crippen molar-refractivity contribution in [2.24, 2.45) is 0 Å². The van der Waals surface area contributed by atoms with Crippen LogP contribution in [0.15, 0.2) is 0 Å². The van der Waals surface area contributed by atoms with E-state index < -0.39 is 25.4 Å². The van der Waals surface area contributed by atoms with E-state index >= 15 is 0 Å². The van der Waals surface area contributed by atoms with Crippen molar-refractivity contribution in [1.82, 2.24) is 15.0 Å². The number of aliphatic hydroxyl groups is 3. The van der Waals surface area contributed by atoms with Gasteiger partial charge in [0.2, 0.25) is 17.2 Å². The maximum absolute atomic E-state index is 9.33. The number of nitrogens with zero attached hydrogens (tertiary/aromatic N) is 4. The molecule has 0 aromatic carbocycles. The predicted octanol–water partition coefficient (Wildman–Crippen LogP) is -0.357. The van der Waals surface area contributed by atoms with Crippen LogP contribution in [0.3, 0.4) is 0 Å². The van der Waals surface area contributed by atoms with E-state index in [1.54, 1.807) is 0 Å². The largest absolute Gasteiger partial charge is 0.394 e. The molecule has 2 rings (SSSR count). The lowest BCUT2D eigenvalue weighted by atomic mass is 10.0. The molecule has 0 aliphatic carbocycles. The first-order chi connectivity index (χ1) is 10.1. The van der Waals surface area contributed by atoms with Gasteiger partial charge in [-0.15, -0.1) is 0 Å². The smallest absolute Gasteiger partial charge is 0.231 e. The molecule has 21 heavy (non-hydrogen) atoms. The van der Waals surface area contributed by atoms with E-state index in [4.69, 9.17) is 11.6 Å². The fraction of sp³-hybridized carbons (Fsp3) is 0.750. The maximum atomic E-state index is 9.33. The summed E-state index contributed by atoms with van der Waals surface area (Å²) in [5, 5.41) is 30.7. The van der Waals surface area contributed by atoms with Gasteiger partial charge in [-0.2, -0.15) is 15.0 Å². The van der Waals surface area contributed by atoms with Crippen LogP contribution < -0.4 is 10.2 Å². The second-order valence-corrected chi connectivity index (χ2v) is 5.49. The highest BCUT2D eigenvalue weighted by Crippen LogP contribution is 2.20. The molecule has 2 heterocycles. The molecule has 0 saturated carbocycles. The van der Waals surface area contributed by atoms with Crippen LogP contribution in [-0.4, -0.2) is 68.7 Å². The molecule has 0 amide bonds. The van der Waals surface area contributed by atoms with E-state index in [0.717, 1.165) is 25.9 Å². The molecule has 8 nitrogen and oxygen atoms in total. The molecule has 1 aliphatic heterocycles. The Labute approximate surface area is 127 Å². The first kappa shape index (κ1) is 16.2. The van der Waals surface area contributed by atoms with Crippen molar-refractivity contribution < 1.29 is 15.3 Å². The van der Waals surface area contributed by atoms with E-state index in [2.05, 4.69) is 20.3 Å². The molecule has 1 fully saturated rings. The van der Waals surface area contributed by atoms with Gasteiger partial charge in [0.1, 0.15) is 5.54 Å². The number of nitrogens with one attached hydrogen (secondary N) is 1. The predicted molar refractivity (Wildman–Crippen MR) is 78.5 cm³/mol. The summed E-state index contributed by atoms with van der Waals surface area (Å²) < 4.78 is 0. The third-order valence-corrected chi connectivity index (χ3v) is 3.69. The van der Waals surface area contributed by atoms with Gasteiger partial charge in [-0.1, -0.05) is 0 Å². The quantitative estimate of drug-likeness (QED) is 0.562. The molecular weight excluding hydrogens is 298 g/mol. The summed E-state index contributed by atoms with van der Waals surface area (Å²) in [6.45, 7) is 0.295. The fourth-order valence-electron chi connectivity index (χ4n) is 2.14. The molecule has 0 unspecified atom stereocenters. The van der Waals surface area contributed by atoms with Gasteiger partial charge < -0.3 is 25.5 Å². The SMILES string of the molecule is OCC(CO)(CO)Nc1nc(Cl)nc(N2CCCCC2)n1. The zero-order valence-electron chi connectivity index (χ0n) is 11.7. The minimum Gasteiger partial charge on any atom is -0.394 e. The van der Waals surface area contributed by atoms with Crippen LogP contribution in [0, 0.1) is 0 Å². The van der Waals surface area contributed by atoms with Gasteiger partial charge in [-0.05, 0) is 30.9 Å². The van der Waals surface area contributed by atoms with Gasteiger partial charge >= 0.3 is 0 Å². The molecular formula is C12H20ClN5O3. The summed E-state index contributed by atoms with van der Waals surface area (Å²) in [5.41, 5.74) is -1.30. The molecule has 4 N–H and O–H groups in total. The third kappa shape index (κ3) is 3.91. The fourth-order valence-corrected chi connectivity index (χ4v) is 2.29. The summed E-state index contributed by atoms with van der Waals surface area (Å²) in [5.74, 6) is 0.577. The van der Waals surface area contributed by atoms with Gasteiger partial charge in [0.25, 0.3) is 0 Å². The summed E-state index contributed by atoms with van der Waals surface area (Å²) in [6, 6.07) is 0. The Bertz CT molecular complexity index is 458. The Balaban J connectivity index is 2.21. The van der Waals surface area contributed by atoms with Crippen molar-refractivity contribution in [2.45, 2.75) is 24.8 Å². The number of aliphatic hydroxyl groups excluding tert-OH is 3. The van der Waals surface area contributed by atoms with E-state index in [0.29, 0.717) is 5.95 Å². The Hall–Kier alpha value is -1.22. The van der Waals surface area contributed by atoms with Crippen LogP contribution in [0.1, 0.15) is 19.3 Å². The van der Waals surface area contributed by atoms with Crippen molar-refractivity contribution in [3.8, 4) is 0 Å².